The van der Waals surface area contributed by atoms with Crippen LogP contribution in [0, 0.1) is 0 Å². The number of anilines is 1. The van der Waals surface area contributed by atoms with Gasteiger partial charge in [0.1, 0.15) is 18.6 Å². The van der Waals surface area contributed by atoms with Crippen LogP contribution in [0.3, 0.4) is 0 Å². The van der Waals surface area contributed by atoms with E-state index >= 15 is 0 Å². The molecule has 0 aliphatic carbocycles. The number of amides is 1. The molecule has 24 heavy (non-hydrogen) atoms. The van der Waals surface area contributed by atoms with E-state index in [4.69, 9.17) is 34.8 Å². The molecule has 0 radical (unpaired) electrons. The molecule has 6 nitrogen and oxygen atoms in total. The summed E-state index contributed by atoms with van der Waals surface area (Å²) in [7, 11) is 0. The number of rotatable bonds is 4. The molecule has 0 aliphatic rings. The minimum absolute atomic E-state index is 0.0313. The van der Waals surface area contributed by atoms with Gasteiger partial charge in [-0.2, -0.15) is 0 Å². The van der Waals surface area contributed by atoms with Gasteiger partial charge in [-0.25, -0.2) is 9.67 Å². The first-order chi connectivity index (χ1) is 11.5. The van der Waals surface area contributed by atoms with Gasteiger partial charge in [-0.15, -0.1) is 5.10 Å². The summed E-state index contributed by atoms with van der Waals surface area (Å²) < 4.78 is 1.41. The van der Waals surface area contributed by atoms with E-state index in [0.29, 0.717) is 32.3 Å². The number of hydrogen-bond donors (Lipinski definition) is 1. The lowest BCUT2D eigenvalue weighted by molar-refractivity contribution is -0.116. The van der Waals surface area contributed by atoms with Crippen LogP contribution < -0.4 is 5.32 Å². The third-order valence-electron chi connectivity index (χ3n) is 3.02. The second kappa shape index (κ2) is 7.17. The second-order valence-corrected chi connectivity index (χ2v) is 6.00. The van der Waals surface area contributed by atoms with Crippen LogP contribution >= 0.6 is 34.8 Å². The lowest BCUT2D eigenvalue weighted by atomic mass is 10.3. The predicted octanol–water partition coefficient (Wildman–Crippen LogP) is 3.94. The number of aromatic nitrogens is 4. The van der Waals surface area contributed by atoms with E-state index in [1.165, 1.54) is 23.1 Å². The van der Waals surface area contributed by atoms with E-state index in [2.05, 4.69) is 20.4 Å². The van der Waals surface area contributed by atoms with Crippen LogP contribution in [0.15, 0.2) is 42.9 Å². The van der Waals surface area contributed by atoms with Crippen LogP contribution in [-0.2, 0) is 11.3 Å². The maximum Gasteiger partial charge on any atom is 0.246 e. The normalized spacial score (nSPS) is 10.6. The van der Waals surface area contributed by atoms with Crippen molar-refractivity contribution < 1.29 is 4.79 Å². The smallest absolute Gasteiger partial charge is 0.246 e. The highest BCUT2D eigenvalue weighted by atomic mass is 35.5. The van der Waals surface area contributed by atoms with E-state index in [1.807, 2.05) is 6.07 Å². The standard InChI is InChI=1S/C15H10Cl3N5O/c16-9-5-11(18)13(6-10(9)17)21-14(24)7-23-8-20-15(22-23)12-3-1-2-4-19-12/h1-6,8H,7H2,(H,21,24). The van der Waals surface area contributed by atoms with Crippen LogP contribution in [0.2, 0.25) is 15.1 Å². The first kappa shape index (κ1) is 16.7. The lowest BCUT2D eigenvalue weighted by Gasteiger charge is -2.08. The predicted molar refractivity (Wildman–Crippen MR) is 93.4 cm³/mol. The van der Waals surface area contributed by atoms with Crippen LogP contribution in [0.25, 0.3) is 11.5 Å². The molecule has 2 aromatic heterocycles. The number of halogens is 3. The summed E-state index contributed by atoms with van der Waals surface area (Å²) in [6, 6.07) is 8.38. The van der Waals surface area contributed by atoms with Crippen molar-refractivity contribution in [2.24, 2.45) is 0 Å². The van der Waals surface area contributed by atoms with Gasteiger partial charge in [-0.1, -0.05) is 40.9 Å². The molecule has 122 valence electrons. The van der Waals surface area contributed by atoms with Crippen LogP contribution in [0.5, 0.6) is 0 Å². The summed E-state index contributed by atoms with van der Waals surface area (Å²) in [5, 5.41) is 7.79. The van der Waals surface area contributed by atoms with E-state index in [-0.39, 0.29) is 12.5 Å². The van der Waals surface area contributed by atoms with Gasteiger partial charge in [-0.3, -0.25) is 9.78 Å². The summed E-state index contributed by atoms with van der Waals surface area (Å²) in [5.41, 5.74) is 1.00. The zero-order chi connectivity index (χ0) is 17.1. The highest BCUT2D eigenvalue weighted by Gasteiger charge is 2.12. The minimum Gasteiger partial charge on any atom is -0.323 e. The molecule has 1 aromatic carbocycles. The van der Waals surface area contributed by atoms with Crippen LogP contribution in [0.1, 0.15) is 0 Å². The molecule has 0 unspecified atom stereocenters. The van der Waals surface area contributed by atoms with Crippen LogP contribution in [0.4, 0.5) is 5.69 Å². The van der Waals surface area contributed by atoms with Gasteiger partial charge in [0.2, 0.25) is 5.91 Å². The van der Waals surface area contributed by atoms with Gasteiger partial charge < -0.3 is 5.32 Å². The lowest BCUT2D eigenvalue weighted by Crippen LogP contribution is -2.19. The highest BCUT2D eigenvalue weighted by Crippen LogP contribution is 2.32. The van der Waals surface area contributed by atoms with Gasteiger partial charge in [0, 0.05) is 6.20 Å². The van der Waals surface area contributed by atoms with Gasteiger partial charge >= 0.3 is 0 Å². The quantitative estimate of drug-likeness (QED) is 0.694. The van der Waals surface area contributed by atoms with Crippen molar-refractivity contribution >= 4 is 46.4 Å². The maximum atomic E-state index is 12.1. The average molecular weight is 383 g/mol. The molecular weight excluding hydrogens is 373 g/mol. The molecule has 0 atom stereocenters. The zero-order valence-corrected chi connectivity index (χ0v) is 14.3. The Morgan fingerprint density at radius 2 is 1.88 bits per heavy atom. The van der Waals surface area contributed by atoms with E-state index < -0.39 is 0 Å². The second-order valence-electron chi connectivity index (χ2n) is 4.78. The molecule has 3 rings (SSSR count). The molecule has 0 saturated heterocycles. The Balaban J connectivity index is 1.70. The Labute approximate surface area is 152 Å². The SMILES string of the molecule is O=C(Cn1cnc(-c2ccccn2)n1)Nc1cc(Cl)c(Cl)cc1Cl. The Morgan fingerprint density at radius 3 is 2.62 bits per heavy atom. The zero-order valence-electron chi connectivity index (χ0n) is 12.1. The molecule has 0 fully saturated rings. The number of carbonyl (C=O) groups is 1. The molecule has 0 saturated carbocycles. The Hall–Kier alpha value is -2.15. The molecule has 0 aliphatic heterocycles. The maximum absolute atomic E-state index is 12.1. The summed E-state index contributed by atoms with van der Waals surface area (Å²) in [5.74, 6) is 0.115. The number of nitrogens with one attached hydrogen (secondary N) is 1. The van der Waals surface area contributed by atoms with E-state index in [0.717, 1.165) is 0 Å². The topological polar surface area (TPSA) is 72.7 Å². The molecule has 0 spiro atoms. The molecule has 1 N–H and O–H groups in total. The van der Waals surface area contributed by atoms with Crippen molar-refractivity contribution in [1.82, 2.24) is 19.7 Å². The van der Waals surface area contributed by atoms with Crippen molar-refractivity contribution in [3.05, 3.63) is 57.9 Å². The number of carbonyl (C=O) groups excluding carboxylic acids is 1. The number of benzene rings is 1. The summed E-state index contributed by atoms with van der Waals surface area (Å²) in [4.78, 5) is 20.4. The van der Waals surface area contributed by atoms with Crippen molar-refractivity contribution in [3.8, 4) is 11.5 Å². The Morgan fingerprint density at radius 1 is 1.08 bits per heavy atom. The third-order valence-corrected chi connectivity index (χ3v) is 4.05. The van der Waals surface area contributed by atoms with Crippen molar-refractivity contribution in [3.63, 3.8) is 0 Å². The fraction of sp³-hybridized carbons (Fsp3) is 0.0667. The van der Waals surface area contributed by atoms with Gasteiger partial charge in [-0.05, 0) is 24.3 Å². The van der Waals surface area contributed by atoms with Crippen molar-refractivity contribution in [2.45, 2.75) is 6.54 Å². The first-order valence-corrected chi connectivity index (χ1v) is 7.91. The summed E-state index contributed by atoms with van der Waals surface area (Å²) >= 11 is 17.8. The average Bonchev–Trinajstić information content (AvgIpc) is 3.02. The largest absolute Gasteiger partial charge is 0.323 e. The van der Waals surface area contributed by atoms with Gasteiger partial charge in [0.05, 0.1) is 20.8 Å². The van der Waals surface area contributed by atoms with Gasteiger partial charge in [0.15, 0.2) is 5.82 Å². The van der Waals surface area contributed by atoms with Gasteiger partial charge in [0.25, 0.3) is 0 Å². The Kier molecular flexibility index (Phi) is 4.99. The fourth-order valence-electron chi connectivity index (χ4n) is 1.94. The molecule has 2 heterocycles. The molecule has 0 bridgehead atoms. The molecule has 1 amide bonds. The molecule has 9 heteroatoms. The monoisotopic (exact) mass is 381 g/mol. The van der Waals surface area contributed by atoms with E-state index in [9.17, 15) is 4.79 Å². The molecule has 3 aromatic rings. The summed E-state index contributed by atoms with van der Waals surface area (Å²) in [6.07, 6.45) is 3.11. The third kappa shape index (κ3) is 3.84. The minimum atomic E-state index is -0.326. The van der Waals surface area contributed by atoms with E-state index in [1.54, 1.807) is 18.3 Å². The van der Waals surface area contributed by atoms with Crippen molar-refractivity contribution in [1.29, 1.82) is 0 Å². The number of pyridine rings is 1. The number of nitrogens with zero attached hydrogens (tertiary/aromatic N) is 4. The Bertz CT molecular complexity index is 882. The van der Waals surface area contributed by atoms with Crippen molar-refractivity contribution in [2.75, 3.05) is 5.32 Å². The first-order valence-electron chi connectivity index (χ1n) is 6.78. The molecular formula is C15H10Cl3N5O. The van der Waals surface area contributed by atoms with Crippen LogP contribution in [-0.4, -0.2) is 25.7 Å². The fourth-order valence-corrected chi connectivity index (χ4v) is 2.53. The number of hydrogen-bond acceptors (Lipinski definition) is 4. The highest BCUT2D eigenvalue weighted by molar-refractivity contribution is 6.44. The summed E-state index contributed by atoms with van der Waals surface area (Å²) in [6.45, 7) is -0.0313.